The summed E-state index contributed by atoms with van der Waals surface area (Å²) in [6.07, 6.45) is -1.18. The van der Waals surface area contributed by atoms with Crippen LogP contribution >= 0.6 is 0 Å². The molecule has 1 saturated heterocycles. The van der Waals surface area contributed by atoms with Crippen molar-refractivity contribution in [2.75, 3.05) is 25.6 Å². The molecule has 4 rings (SSSR count). The minimum Gasteiger partial charge on any atom is -0.497 e. The number of Topliss-reactive ketones (excluding diaryl/α,β-unsaturated/α-hetero) is 1. The summed E-state index contributed by atoms with van der Waals surface area (Å²) in [7, 11) is 1.55. The van der Waals surface area contributed by atoms with E-state index in [1.165, 1.54) is 16.5 Å². The molecule has 1 aliphatic rings. The second-order valence-corrected chi connectivity index (χ2v) is 7.97. The Bertz CT molecular complexity index is 1280. The molecule has 2 amide bonds. The van der Waals surface area contributed by atoms with E-state index < -0.39 is 23.5 Å². The zero-order chi connectivity index (χ0) is 24.9. The molecule has 1 aliphatic heterocycles. The average Bonchev–Trinajstić information content (AvgIpc) is 3.22. The van der Waals surface area contributed by atoms with Crippen LogP contribution < -0.4 is 20.4 Å². The largest absolute Gasteiger partial charge is 0.497 e. The normalized spacial score (nSPS) is 15.7. The van der Waals surface area contributed by atoms with Gasteiger partial charge in [0.2, 0.25) is 11.6 Å². The third-order valence-electron chi connectivity index (χ3n) is 5.62. The molecule has 0 spiro atoms. The van der Waals surface area contributed by atoms with E-state index >= 15 is 0 Å². The second kappa shape index (κ2) is 10.3. The summed E-state index contributed by atoms with van der Waals surface area (Å²) >= 11 is 0. The number of H-pyrrole nitrogens is 1. The Labute approximate surface area is 200 Å². The number of methoxy groups -OCH3 is 1. The van der Waals surface area contributed by atoms with Crippen LogP contribution in [0.4, 0.5) is 5.69 Å². The Morgan fingerprint density at radius 2 is 1.86 bits per heavy atom. The van der Waals surface area contributed by atoms with Gasteiger partial charge in [0, 0.05) is 29.9 Å². The number of benzene rings is 2. The van der Waals surface area contributed by atoms with Crippen molar-refractivity contribution in [3.63, 3.8) is 0 Å². The zero-order valence-corrected chi connectivity index (χ0v) is 19.3. The van der Waals surface area contributed by atoms with Crippen LogP contribution in [-0.4, -0.2) is 54.1 Å². The van der Waals surface area contributed by atoms with Crippen LogP contribution in [0, 0.1) is 0 Å². The summed E-state index contributed by atoms with van der Waals surface area (Å²) in [4.78, 5) is 50.7. The first-order valence-electron chi connectivity index (χ1n) is 10.9. The molecule has 11 heteroatoms. The number of ether oxygens (including phenoxy) is 2. The number of rotatable bonds is 8. The number of hydrogen-bond donors (Lipinski definition) is 2. The summed E-state index contributed by atoms with van der Waals surface area (Å²) < 4.78 is 17.1. The van der Waals surface area contributed by atoms with Crippen molar-refractivity contribution in [2.24, 2.45) is 0 Å². The van der Waals surface area contributed by atoms with E-state index in [0.717, 1.165) is 0 Å². The maximum atomic E-state index is 13.0. The van der Waals surface area contributed by atoms with Crippen LogP contribution in [0.2, 0.25) is 0 Å². The molecule has 2 aromatic carbocycles. The summed E-state index contributed by atoms with van der Waals surface area (Å²) in [5.74, 6) is -0.231. The number of nitrogens with one attached hydrogen (secondary N) is 2. The van der Waals surface area contributed by atoms with Gasteiger partial charge in [-0.15, -0.1) is 0 Å². The number of morpholine rings is 1. The molecular weight excluding hydrogens is 456 g/mol. The highest BCUT2D eigenvalue weighted by Crippen LogP contribution is 2.16. The topological polar surface area (TPSA) is 135 Å². The van der Waals surface area contributed by atoms with E-state index in [-0.39, 0.29) is 37.6 Å². The quantitative estimate of drug-likeness (QED) is 0.365. The molecule has 0 bridgehead atoms. The molecule has 1 unspecified atom stereocenters. The lowest BCUT2D eigenvalue weighted by Crippen LogP contribution is -2.51. The van der Waals surface area contributed by atoms with Crippen LogP contribution in [0.3, 0.4) is 0 Å². The summed E-state index contributed by atoms with van der Waals surface area (Å²) in [6, 6.07) is 13.4. The Hall–Kier alpha value is -4.25. The summed E-state index contributed by atoms with van der Waals surface area (Å²) in [5, 5.41) is 5.25. The molecule has 0 saturated carbocycles. The number of ketones is 1. The highest BCUT2D eigenvalue weighted by molar-refractivity contribution is 5.97. The number of hydrogen-bond acceptors (Lipinski definition) is 7. The minimum absolute atomic E-state index is 0.0231. The fraction of sp³-hybridized carbons (Fsp3) is 0.292. The molecule has 1 fully saturated rings. The number of carbonyl (C=O) groups is 3. The molecule has 35 heavy (non-hydrogen) atoms. The highest BCUT2D eigenvalue weighted by atomic mass is 16.5. The van der Waals surface area contributed by atoms with Gasteiger partial charge in [0.1, 0.15) is 18.4 Å². The first kappa shape index (κ1) is 23.9. The van der Waals surface area contributed by atoms with E-state index in [2.05, 4.69) is 10.6 Å². The Morgan fingerprint density at radius 3 is 2.51 bits per heavy atom. The summed E-state index contributed by atoms with van der Waals surface area (Å²) in [6.45, 7) is 1.91. The lowest BCUT2D eigenvalue weighted by Gasteiger charge is -2.30. The van der Waals surface area contributed by atoms with Gasteiger partial charge in [-0.05, 0) is 53.3 Å². The third kappa shape index (κ3) is 5.46. The molecule has 3 aromatic rings. The van der Waals surface area contributed by atoms with E-state index in [0.29, 0.717) is 22.7 Å². The SMILES string of the molecule is COc1ccc(-[n+]2[nH]oc(=O)c2CN2CCOC(CC(=O)Nc3ccc(C(C)=O)cc3)C2=O)cc1. The van der Waals surface area contributed by atoms with Crippen LogP contribution in [0.1, 0.15) is 29.4 Å². The van der Waals surface area contributed by atoms with Gasteiger partial charge in [-0.25, -0.2) is 4.79 Å². The first-order chi connectivity index (χ1) is 16.9. The molecule has 1 atom stereocenters. The average molecular weight is 481 g/mol. The smallest absolute Gasteiger partial charge is 0.432 e. The number of carbonyl (C=O) groups excluding carboxylic acids is 3. The summed E-state index contributed by atoms with van der Waals surface area (Å²) in [5.41, 5.74) is 1.28. The van der Waals surface area contributed by atoms with E-state index in [4.69, 9.17) is 14.0 Å². The lowest BCUT2D eigenvalue weighted by molar-refractivity contribution is -0.678. The van der Waals surface area contributed by atoms with E-state index in [1.54, 1.807) is 55.6 Å². The highest BCUT2D eigenvalue weighted by Gasteiger charge is 2.35. The predicted octanol–water partition coefficient (Wildman–Crippen LogP) is 1.21. The van der Waals surface area contributed by atoms with E-state index in [1.807, 2.05) is 0 Å². The zero-order valence-electron chi connectivity index (χ0n) is 19.3. The number of aromatic nitrogens is 2. The predicted molar refractivity (Wildman–Crippen MR) is 122 cm³/mol. The Balaban J connectivity index is 1.42. The fourth-order valence-corrected chi connectivity index (χ4v) is 3.71. The van der Waals surface area contributed by atoms with Crippen LogP contribution in [0.15, 0.2) is 57.8 Å². The molecule has 11 nitrogen and oxygen atoms in total. The third-order valence-corrected chi connectivity index (χ3v) is 5.62. The molecular formula is C24H25N4O7+. The molecule has 1 aromatic heterocycles. The van der Waals surface area contributed by atoms with Gasteiger partial charge in [0.15, 0.2) is 5.78 Å². The minimum atomic E-state index is -0.985. The molecule has 0 radical (unpaired) electrons. The standard InChI is InChI=1S/C24H24N4O7/c1-15(29)16-3-5-17(6-4-16)25-22(30)13-21-23(31)27(11-12-34-21)14-20-24(32)35-26-28(20)18-7-9-19(33-2)10-8-18/h3-10,21H,11-14H2,1-2H3,(H-,25,26,29,30,32)/p+1. The van der Waals surface area contributed by atoms with E-state index in [9.17, 15) is 19.2 Å². The van der Waals surface area contributed by atoms with Crippen molar-refractivity contribution in [3.8, 4) is 11.4 Å². The van der Waals surface area contributed by atoms with Gasteiger partial charge in [-0.2, -0.15) is 0 Å². The van der Waals surface area contributed by atoms with Crippen molar-refractivity contribution < 1.29 is 33.1 Å². The molecule has 2 N–H and O–H groups in total. The molecule has 182 valence electrons. The van der Waals surface area contributed by atoms with Gasteiger partial charge >= 0.3 is 11.3 Å². The molecule has 2 heterocycles. The van der Waals surface area contributed by atoms with Crippen molar-refractivity contribution in [1.82, 2.24) is 10.2 Å². The maximum absolute atomic E-state index is 13.0. The van der Waals surface area contributed by atoms with Crippen molar-refractivity contribution in [2.45, 2.75) is 26.0 Å². The van der Waals surface area contributed by atoms with Gasteiger partial charge < -0.3 is 19.7 Å². The van der Waals surface area contributed by atoms with Crippen LogP contribution in [-0.2, 0) is 20.9 Å². The van der Waals surface area contributed by atoms with Crippen LogP contribution in [0.5, 0.6) is 5.75 Å². The van der Waals surface area contributed by atoms with Gasteiger partial charge in [-0.3, -0.25) is 18.9 Å². The second-order valence-electron chi connectivity index (χ2n) is 7.97. The Morgan fingerprint density at radius 1 is 1.14 bits per heavy atom. The number of aromatic amines is 1. The number of amides is 2. The fourth-order valence-electron chi connectivity index (χ4n) is 3.71. The van der Waals surface area contributed by atoms with Gasteiger partial charge in [0.05, 0.1) is 20.1 Å². The van der Waals surface area contributed by atoms with Crippen molar-refractivity contribution in [3.05, 3.63) is 70.2 Å². The van der Waals surface area contributed by atoms with Gasteiger partial charge in [-0.1, -0.05) is 0 Å². The van der Waals surface area contributed by atoms with Crippen LogP contribution in [0.25, 0.3) is 5.69 Å². The monoisotopic (exact) mass is 481 g/mol. The first-order valence-corrected chi connectivity index (χ1v) is 10.9. The van der Waals surface area contributed by atoms with Crippen molar-refractivity contribution in [1.29, 1.82) is 0 Å². The molecule has 0 aliphatic carbocycles. The lowest BCUT2D eigenvalue weighted by atomic mass is 10.1. The number of anilines is 1. The maximum Gasteiger partial charge on any atom is 0.432 e. The number of nitrogens with zero attached hydrogens (tertiary/aromatic N) is 2. The Kier molecular flexibility index (Phi) is 7.06. The van der Waals surface area contributed by atoms with Crippen molar-refractivity contribution >= 4 is 23.3 Å². The van der Waals surface area contributed by atoms with Gasteiger partial charge in [0.25, 0.3) is 5.91 Å².